The van der Waals surface area contributed by atoms with Crippen LogP contribution in [-0.2, 0) is 19.2 Å². The number of amides is 2. The lowest BCUT2D eigenvalue weighted by Gasteiger charge is -2.25. The van der Waals surface area contributed by atoms with Crippen molar-refractivity contribution in [2.75, 3.05) is 13.1 Å². The Hall–Kier alpha value is -2.04. The highest BCUT2D eigenvalue weighted by atomic mass is 16.4. The first-order chi connectivity index (χ1) is 10.7. The van der Waals surface area contributed by atoms with Gasteiger partial charge in [0.05, 0.1) is 12.1 Å². The van der Waals surface area contributed by atoms with Crippen molar-refractivity contribution in [1.29, 1.82) is 0 Å². The van der Waals surface area contributed by atoms with Crippen LogP contribution in [0.1, 0.15) is 32.1 Å². The van der Waals surface area contributed by atoms with Crippen molar-refractivity contribution in [1.82, 2.24) is 4.90 Å². The van der Waals surface area contributed by atoms with E-state index in [9.17, 15) is 19.2 Å². The average molecular weight is 332 g/mol. The number of aliphatic carboxylic acids is 2. The number of carboxylic acids is 2. The van der Waals surface area contributed by atoms with Gasteiger partial charge in [-0.15, -0.1) is 0 Å². The summed E-state index contributed by atoms with van der Waals surface area (Å²) in [6.07, 6.45) is 0.879. The molecule has 132 valence electrons. The number of hydrogen-bond acceptors (Lipinski definition) is 7. The molecule has 0 fully saturated rings. The Morgan fingerprint density at radius 2 is 1.39 bits per heavy atom. The maximum atomic E-state index is 12.2. The minimum Gasteiger partial charge on any atom is -0.481 e. The molecular formula is C13H24N4O6. The summed E-state index contributed by atoms with van der Waals surface area (Å²) in [4.78, 5) is 46.1. The third-order valence-electron chi connectivity index (χ3n) is 3.10. The van der Waals surface area contributed by atoms with E-state index in [2.05, 4.69) is 0 Å². The molecule has 2 unspecified atom stereocenters. The highest BCUT2D eigenvalue weighted by molar-refractivity contribution is 6.02. The molecule has 0 saturated heterocycles. The molecule has 2 amide bonds. The monoisotopic (exact) mass is 332 g/mol. The highest BCUT2D eigenvalue weighted by Crippen LogP contribution is 2.07. The first-order valence-electron chi connectivity index (χ1n) is 7.20. The molecule has 10 heteroatoms. The summed E-state index contributed by atoms with van der Waals surface area (Å²) in [6.45, 7) is -0.443. The number of nitrogens with zero attached hydrogens (tertiary/aromatic N) is 1. The van der Waals surface area contributed by atoms with Crippen LogP contribution in [0.5, 0.6) is 0 Å². The van der Waals surface area contributed by atoms with E-state index in [1.807, 2.05) is 0 Å². The quantitative estimate of drug-likeness (QED) is 0.268. The molecule has 0 aliphatic carbocycles. The standard InChI is InChI=1S/C13H24N4O6/c14-6-2-1-3-8(15)12(22)17(7-11(20)21)13(23)9(16)4-5-10(18)19/h8-9H,1-7,14-16H2,(H,18,19)(H,20,21). The molecule has 0 radical (unpaired) electrons. The van der Waals surface area contributed by atoms with Crippen molar-refractivity contribution in [2.24, 2.45) is 17.2 Å². The van der Waals surface area contributed by atoms with Gasteiger partial charge in [0.15, 0.2) is 0 Å². The zero-order chi connectivity index (χ0) is 18.0. The van der Waals surface area contributed by atoms with E-state index in [1.54, 1.807) is 0 Å². The summed E-state index contributed by atoms with van der Waals surface area (Å²) in [6, 6.07) is -2.33. The number of carbonyl (C=O) groups excluding carboxylic acids is 2. The summed E-state index contributed by atoms with van der Waals surface area (Å²) in [7, 11) is 0. The van der Waals surface area contributed by atoms with Gasteiger partial charge in [-0.05, 0) is 25.8 Å². The number of unbranched alkanes of at least 4 members (excludes halogenated alkanes) is 1. The number of nitrogens with two attached hydrogens (primary N) is 3. The van der Waals surface area contributed by atoms with Gasteiger partial charge in [-0.3, -0.25) is 24.1 Å². The summed E-state index contributed by atoms with van der Waals surface area (Å²) >= 11 is 0. The molecule has 0 aliphatic heterocycles. The second-order valence-corrected chi connectivity index (χ2v) is 5.09. The zero-order valence-corrected chi connectivity index (χ0v) is 12.8. The molecule has 0 aromatic rings. The smallest absolute Gasteiger partial charge is 0.323 e. The van der Waals surface area contributed by atoms with Gasteiger partial charge in [0.1, 0.15) is 6.54 Å². The fraction of sp³-hybridized carbons (Fsp3) is 0.692. The lowest BCUT2D eigenvalue weighted by atomic mass is 10.1. The second-order valence-electron chi connectivity index (χ2n) is 5.09. The van der Waals surface area contributed by atoms with Crippen LogP contribution in [0, 0.1) is 0 Å². The minimum atomic E-state index is -1.40. The van der Waals surface area contributed by atoms with Gasteiger partial charge in [-0.25, -0.2) is 0 Å². The molecule has 2 atom stereocenters. The third kappa shape index (κ3) is 8.24. The van der Waals surface area contributed by atoms with Crippen molar-refractivity contribution in [2.45, 2.75) is 44.2 Å². The third-order valence-corrected chi connectivity index (χ3v) is 3.10. The SMILES string of the molecule is NCCCCC(N)C(=O)N(CC(=O)O)C(=O)C(N)CCC(=O)O. The van der Waals surface area contributed by atoms with Crippen LogP contribution in [0.4, 0.5) is 0 Å². The van der Waals surface area contributed by atoms with Crippen LogP contribution in [0.15, 0.2) is 0 Å². The predicted molar refractivity (Wildman–Crippen MR) is 80.1 cm³/mol. The number of carbonyl (C=O) groups is 4. The average Bonchev–Trinajstić information content (AvgIpc) is 2.48. The number of hydrogen-bond donors (Lipinski definition) is 5. The normalized spacial score (nSPS) is 13.2. The summed E-state index contributed by atoms with van der Waals surface area (Å²) in [5.74, 6) is -4.35. The predicted octanol–water partition coefficient (Wildman–Crippen LogP) is -1.93. The van der Waals surface area contributed by atoms with Crippen LogP contribution in [0.3, 0.4) is 0 Å². The van der Waals surface area contributed by atoms with Crippen molar-refractivity contribution < 1.29 is 29.4 Å². The van der Waals surface area contributed by atoms with E-state index in [4.69, 9.17) is 27.4 Å². The molecule has 0 rings (SSSR count). The Balaban J connectivity index is 4.89. The highest BCUT2D eigenvalue weighted by Gasteiger charge is 2.31. The Morgan fingerprint density at radius 3 is 1.83 bits per heavy atom. The Bertz CT molecular complexity index is 442. The van der Waals surface area contributed by atoms with Gasteiger partial charge in [-0.1, -0.05) is 6.42 Å². The molecule has 0 bridgehead atoms. The van der Waals surface area contributed by atoms with E-state index in [1.165, 1.54) is 0 Å². The molecule has 0 aromatic heterocycles. The number of rotatable bonds is 11. The maximum absolute atomic E-state index is 12.2. The largest absolute Gasteiger partial charge is 0.481 e. The Labute approximate surface area is 133 Å². The van der Waals surface area contributed by atoms with Gasteiger partial charge in [-0.2, -0.15) is 0 Å². The second kappa shape index (κ2) is 10.6. The molecule has 23 heavy (non-hydrogen) atoms. The minimum absolute atomic E-state index is 0.208. The molecule has 0 aromatic carbocycles. The first kappa shape index (κ1) is 21.0. The fourth-order valence-electron chi connectivity index (χ4n) is 1.83. The van der Waals surface area contributed by atoms with E-state index in [-0.39, 0.29) is 19.3 Å². The van der Waals surface area contributed by atoms with Gasteiger partial charge < -0.3 is 27.4 Å². The van der Waals surface area contributed by atoms with Gasteiger partial charge in [0.25, 0.3) is 0 Å². The molecule has 0 aliphatic rings. The van der Waals surface area contributed by atoms with E-state index in [0.717, 1.165) is 0 Å². The summed E-state index contributed by atoms with van der Waals surface area (Å²) in [5, 5.41) is 17.4. The van der Waals surface area contributed by atoms with Crippen molar-refractivity contribution in [3.05, 3.63) is 0 Å². The lowest BCUT2D eigenvalue weighted by molar-refractivity contribution is -0.154. The van der Waals surface area contributed by atoms with Crippen LogP contribution >= 0.6 is 0 Å². The van der Waals surface area contributed by atoms with Crippen molar-refractivity contribution >= 4 is 23.8 Å². The van der Waals surface area contributed by atoms with Crippen LogP contribution in [-0.4, -0.2) is 64.0 Å². The van der Waals surface area contributed by atoms with Crippen molar-refractivity contribution in [3.8, 4) is 0 Å². The van der Waals surface area contributed by atoms with Crippen LogP contribution in [0.25, 0.3) is 0 Å². The van der Waals surface area contributed by atoms with Gasteiger partial charge in [0.2, 0.25) is 11.8 Å². The van der Waals surface area contributed by atoms with Gasteiger partial charge in [0, 0.05) is 6.42 Å². The molecule has 10 nitrogen and oxygen atoms in total. The molecule has 0 spiro atoms. The van der Waals surface area contributed by atoms with E-state index < -0.39 is 42.4 Å². The fourth-order valence-corrected chi connectivity index (χ4v) is 1.83. The van der Waals surface area contributed by atoms with E-state index >= 15 is 0 Å². The topological polar surface area (TPSA) is 190 Å². The Kier molecular flexibility index (Phi) is 9.70. The van der Waals surface area contributed by atoms with Gasteiger partial charge >= 0.3 is 11.9 Å². The summed E-state index contributed by atoms with van der Waals surface area (Å²) < 4.78 is 0. The summed E-state index contributed by atoms with van der Waals surface area (Å²) in [5.41, 5.74) is 16.6. The van der Waals surface area contributed by atoms with Crippen LogP contribution in [0.2, 0.25) is 0 Å². The maximum Gasteiger partial charge on any atom is 0.323 e. The number of imide groups is 1. The molecule has 0 saturated carbocycles. The number of carboxylic acid groups (broad SMARTS) is 2. The zero-order valence-electron chi connectivity index (χ0n) is 12.8. The molecular weight excluding hydrogens is 308 g/mol. The molecule has 0 heterocycles. The van der Waals surface area contributed by atoms with E-state index in [0.29, 0.717) is 24.3 Å². The van der Waals surface area contributed by atoms with Crippen LogP contribution < -0.4 is 17.2 Å². The first-order valence-corrected chi connectivity index (χ1v) is 7.20. The van der Waals surface area contributed by atoms with Crippen molar-refractivity contribution in [3.63, 3.8) is 0 Å². The Morgan fingerprint density at radius 1 is 0.870 bits per heavy atom. The lowest BCUT2D eigenvalue weighted by Crippen LogP contribution is -2.53. The molecule has 8 N–H and O–H groups in total.